The predicted octanol–water partition coefficient (Wildman–Crippen LogP) is 5.31. The van der Waals surface area contributed by atoms with Gasteiger partial charge in [0.25, 0.3) is 0 Å². The molecule has 140 valence electrons. The predicted molar refractivity (Wildman–Crippen MR) is 114 cm³/mol. The molecule has 3 rings (SSSR count). The van der Waals surface area contributed by atoms with Crippen LogP contribution in [0.2, 0.25) is 0 Å². The molecule has 0 spiro atoms. The molecule has 28 heavy (non-hydrogen) atoms. The zero-order valence-electron chi connectivity index (χ0n) is 16.4. The Morgan fingerprint density at radius 3 is 2.75 bits per heavy atom. The SMILES string of the molecule is C=C1\C=C/C(c2cn[nH]c2-c2cccc(C)n2)=C/C=C/C1=C/C(=C\C)C(C)=O. The third-order valence-corrected chi connectivity index (χ3v) is 4.51. The lowest BCUT2D eigenvalue weighted by atomic mass is 9.96. The summed E-state index contributed by atoms with van der Waals surface area (Å²) in [7, 11) is 0. The number of nitrogens with one attached hydrogen (secondary N) is 1. The zero-order chi connectivity index (χ0) is 20.1. The highest BCUT2D eigenvalue weighted by Crippen LogP contribution is 2.29. The molecule has 2 heterocycles. The second-order valence-corrected chi connectivity index (χ2v) is 6.56. The summed E-state index contributed by atoms with van der Waals surface area (Å²) in [4.78, 5) is 16.3. The molecule has 0 amide bonds. The molecular formula is C24H23N3O. The molecule has 2 aromatic rings. The van der Waals surface area contributed by atoms with Crippen molar-refractivity contribution >= 4 is 11.4 Å². The zero-order valence-corrected chi connectivity index (χ0v) is 16.4. The number of aryl methyl sites for hydroxylation is 1. The number of nitrogens with zero attached hydrogens (tertiary/aromatic N) is 2. The van der Waals surface area contributed by atoms with E-state index >= 15 is 0 Å². The van der Waals surface area contributed by atoms with Gasteiger partial charge in [0.1, 0.15) is 0 Å². The molecule has 0 radical (unpaired) electrons. The Morgan fingerprint density at radius 1 is 1.21 bits per heavy atom. The number of ketones is 1. The molecule has 1 aliphatic rings. The lowest BCUT2D eigenvalue weighted by Gasteiger charge is -2.09. The Labute approximate surface area is 165 Å². The number of allylic oxidation sites excluding steroid dienone is 11. The fraction of sp³-hybridized carbons (Fsp3) is 0.125. The van der Waals surface area contributed by atoms with Crippen molar-refractivity contribution in [2.75, 3.05) is 0 Å². The van der Waals surface area contributed by atoms with E-state index in [4.69, 9.17) is 0 Å². The molecule has 0 atom stereocenters. The minimum atomic E-state index is 0.0344. The normalized spacial score (nSPS) is 20.2. The maximum atomic E-state index is 11.7. The van der Waals surface area contributed by atoms with Crippen molar-refractivity contribution in [1.29, 1.82) is 0 Å². The van der Waals surface area contributed by atoms with Gasteiger partial charge in [-0.15, -0.1) is 0 Å². The molecule has 1 aliphatic carbocycles. The van der Waals surface area contributed by atoms with Gasteiger partial charge in [0, 0.05) is 16.8 Å². The van der Waals surface area contributed by atoms with Crippen LogP contribution in [0.5, 0.6) is 0 Å². The summed E-state index contributed by atoms with van der Waals surface area (Å²) in [6, 6.07) is 5.92. The minimum Gasteiger partial charge on any atom is -0.295 e. The Kier molecular flexibility index (Phi) is 5.80. The van der Waals surface area contributed by atoms with Crippen LogP contribution in [0.25, 0.3) is 17.0 Å². The van der Waals surface area contributed by atoms with Crippen LogP contribution in [-0.4, -0.2) is 21.0 Å². The lowest BCUT2D eigenvalue weighted by Crippen LogP contribution is -1.95. The smallest absolute Gasteiger partial charge is 0.159 e. The number of rotatable bonds is 4. The first kappa shape index (κ1) is 19.2. The van der Waals surface area contributed by atoms with Gasteiger partial charge in [-0.2, -0.15) is 5.10 Å². The van der Waals surface area contributed by atoms with Crippen LogP contribution in [-0.2, 0) is 4.79 Å². The number of carbonyl (C=O) groups excluding carboxylic acids is 1. The molecular weight excluding hydrogens is 346 g/mol. The summed E-state index contributed by atoms with van der Waals surface area (Å²) in [5.41, 5.74) is 7.06. The molecule has 4 heteroatoms. The monoisotopic (exact) mass is 369 g/mol. The van der Waals surface area contributed by atoms with Crippen molar-refractivity contribution in [1.82, 2.24) is 15.2 Å². The van der Waals surface area contributed by atoms with E-state index in [9.17, 15) is 4.79 Å². The first-order valence-corrected chi connectivity index (χ1v) is 9.12. The van der Waals surface area contributed by atoms with E-state index in [0.29, 0.717) is 5.57 Å². The fourth-order valence-electron chi connectivity index (χ4n) is 2.96. The first-order chi connectivity index (χ1) is 13.5. The topological polar surface area (TPSA) is 58.6 Å². The highest BCUT2D eigenvalue weighted by Gasteiger charge is 2.12. The third-order valence-electron chi connectivity index (χ3n) is 4.51. The van der Waals surface area contributed by atoms with Crippen LogP contribution in [0, 0.1) is 6.92 Å². The van der Waals surface area contributed by atoms with Gasteiger partial charge >= 0.3 is 0 Å². The summed E-state index contributed by atoms with van der Waals surface area (Å²) in [6.45, 7) is 9.53. The van der Waals surface area contributed by atoms with Crippen molar-refractivity contribution < 1.29 is 4.79 Å². The number of pyridine rings is 1. The molecule has 1 N–H and O–H groups in total. The maximum Gasteiger partial charge on any atom is 0.159 e. The summed E-state index contributed by atoms with van der Waals surface area (Å²) >= 11 is 0. The van der Waals surface area contributed by atoms with Crippen molar-refractivity contribution in [3.05, 3.63) is 101 Å². The second-order valence-electron chi connectivity index (χ2n) is 6.56. The van der Waals surface area contributed by atoms with E-state index in [-0.39, 0.29) is 5.78 Å². The molecule has 2 aromatic heterocycles. The van der Waals surface area contributed by atoms with E-state index < -0.39 is 0 Å². The van der Waals surface area contributed by atoms with Crippen molar-refractivity contribution in [3.8, 4) is 11.4 Å². The molecule has 0 fully saturated rings. The number of aromatic amines is 1. The maximum absolute atomic E-state index is 11.7. The van der Waals surface area contributed by atoms with Crippen LogP contribution in [0.3, 0.4) is 0 Å². The minimum absolute atomic E-state index is 0.0344. The fourth-order valence-corrected chi connectivity index (χ4v) is 2.96. The third kappa shape index (κ3) is 4.23. The van der Waals surface area contributed by atoms with Crippen LogP contribution in [0.15, 0.2) is 90.2 Å². The molecule has 0 bridgehead atoms. The lowest BCUT2D eigenvalue weighted by molar-refractivity contribution is -0.113. The van der Waals surface area contributed by atoms with Gasteiger partial charge in [-0.25, -0.2) is 0 Å². The average molecular weight is 369 g/mol. The Hall–Kier alpha value is -3.53. The van der Waals surface area contributed by atoms with Crippen LogP contribution in [0.4, 0.5) is 0 Å². The Balaban J connectivity index is 1.99. The quantitative estimate of drug-likeness (QED) is 0.743. The average Bonchev–Trinajstić information content (AvgIpc) is 3.14. The van der Waals surface area contributed by atoms with E-state index in [1.54, 1.807) is 13.1 Å². The standard InChI is InChI=1S/C24H23N3O/c1-5-19(18(4)28)14-21-10-7-9-20(13-12-16(21)2)22-15-25-27-24(22)23-11-6-8-17(3)26-23/h5-15H,2H2,1,3-4H3,(H,25,27)/b10-7+,13-12-,19-5+,20-9-,21-14-. The highest BCUT2D eigenvalue weighted by molar-refractivity contribution is 5.96. The number of carbonyl (C=O) groups is 1. The van der Waals surface area contributed by atoms with Gasteiger partial charge in [0.05, 0.1) is 17.6 Å². The number of Topliss-reactive ketones (excluding diaryl/α,β-unsaturated/α-hetero) is 1. The van der Waals surface area contributed by atoms with Crippen molar-refractivity contribution in [3.63, 3.8) is 0 Å². The largest absolute Gasteiger partial charge is 0.295 e. The number of hydrogen-bond acceptors (Lipinski definition) is 3. The van der Waals surface area contributed by atoms with E-state index in [1.807, 2.05) is 74.6 Å². The molecule has 0 unspecified atom stereocenters. The Morgan fingerprint density at radius 2 is 2.04 bits per heavy atom. The van der Waals surface area contributed by atoms with E-state index in [0.717, 1.165) is 39.4 Å². The molecule has 0 saturated heterocycles. The van der Waals surface area contributed by atoms with E-state index in [2.05, 4.69) is 21.8 Å². The summed E-state index contributed by atoms with van der Waals surface area (Å²) in [6.07, 6.45) is 15.4. The molecule has 0 aromatic carbocycles. The van der Waals surface area contributed by atoms with Gasteiger partial charge in [-0.05, 0) is 55.7 Å². The van der Waals surface area contributed by atoms with E-state index in [1.165, 1.54) is 0 Å². The number of aromatic nitrogens is 3. The summed E-state index contributed by atoms with van der Waals surface area (Å²) < 4.78 is 0. The molecule has 0 aliphatic heterocycles. The van der Waals surface area contributed by atoms with Crippen LogP contribution in [0.1, 0.15) is 25.1 Å². The number of H-pyrrole nitrogens is 1. The Bertz CT molecular complexity index is 1070. The van der Waals surface area contributed by atoms with Crippen molar-refractivity contribution in [2.45, 2.75) is 20.8 Å². The van der Waals surface area contributed by atoms with Gasteiger partial charge < -0.3 is 0 Å². The van der Waals surface area contributed by atoms with Crippen molar-refractivity contribution in [2.24, 2.45) is 0 Å². The van der Waals surface area contributed by atoms with Gasteiger partial charge in [-0.3, -0.25) is 14.9 Å². The number of hydrogen-bond donors (Lipinski definition) is 1. The highest BCUT2D eigenvalue weighted by atomic mass is 16.1. The first-order valence-electron chi connectivity index (χ1n) is 9.12. The summed E-state index contributed by atoms with van der Waals surface area (Å²) in [5.74, 6) is 0.0344. The molecule has 0 saturated carbocycles. The molecule has 4 nitrogen and oxygen atoms in total. The summed E-state index contributed by atoms with van der Waals surface area (Å²) in [5, 5.41) is 7.28. The van der Waals surface area contributed by atoms with Gasteiger partial charge in [0.15, 0.2) is 5.78 Å². The second kappa shape index (κ2) is 8.44. The van der Waals surface area contributed by atoms with Crippen LogP contribution < -0.4 is 0 Å². The van der Waals surface area contributed by atoms with Gasteiger partial charge in [-0.1, -0.05) is 49.1 Å². The van der Waals surface area contributed by atoms with Gasteiger partial charge in [0.2, 0.25) is 0 Å². The van der Waals surface area contributed by atoms with Crippen LogP contribution >= 0.6 is 0 Å².